The number of hydrogen-bond acceptors (Lipinski definition) is 1. The fourth-order valence-corrected chi connectivity index (χ4v) is 1.09. The fraction of sp³-hybridized carbons (Fsp3) is 0.750. The van der Waals surface area contributed by atoms with Gasteiger partial charge in [-0.25, -0.2) is 0 Å². The molecule has 0 saturated heterocycles. The molecule has 0 bridgehead atoms. The Hall–Kier alpha value is -0.300. The van der Waals surface area contributed by atoms with Gasteiger partial charge < -0.3 is 5.11 Å². The first-order chi connectivity index (χ1) is 4.38. The number of allylic oxidation sites excluding steroid dienone is 1. The molecule has 0 aromatic heterocycles. The minimum atomic E-state index is 0.295. The molecule has 0 spiro atoms. The minimum Gasteiger partial charge on any atom is -0.392 e. The number of hydrogen-bond donors (Lipinski definition) is 1. The van der Waals surface area contributed by atoms with E-state index >= 15 is 0 Å². The zero-order chi connectivity index (χ0) is 6.69. The van der Waals surface area contributed by atoms with Gasteiger partial charge in [-0.05, 0) is 24.8 Å². The quantitative estimate of drug-likeness (QED) is 0.572. The van der Waals surface area contributed by atoms with Crippen molar-refractivity contribution in [3.63, 3.8) is 0 Å². The summed E-state index contributed by atoms with van der Waals surface area (Å²) in [6.45, 7) is 2.45. The molecule has 0 amide bonds. The van der Waals surface area contributed by atoms with E-state index in [1.807, 2.05) is 0 Å². The van der Waals surface area contributed by atoms with Crippen molar-refractivity contribution in [2.75, 3.05) is 6.61 Å². The second-order valence-electron chi connectivity index (χ2n) is 2.62. The lowest BCUT2D eigenvalue weighted by atomic mass is 10.1. The molecule has 0 aliphatic heterocycles. The molecule has 0 aromatic carbocycles. The van der Waals surface area contributed by atoms with Crippen LogP contribution < -0.4 is 0 Å². The van der Waals surface area contributed by atoms with Gasteiger partial charge in [0.05, 0.1) is 6.61 Å². The van der Waals surface area contributed by atoms with E-state index in [1.54, 1.807) is 0 Å². The van der Waals surface area contributed by atoms with Gasteiger partial charge >= 0.3 is 0 Å². The fourth-order valence-electron chi connectivity index (χ4n) is 1.09. The average molecular weight is 126 g/mol. The van der Waals surface area contributed by atoms with Crippen LogP contribution >= 0.6 is 0 Å². The lowest BCUT2D eigenvalue weighted by Crippen LogP contribution is -1.88. The maximum atomic E-state index is 8.81. The summed E-state index contributed by atoms with van der Waals surface area (Å²) in [6, 6.07) is 0. The molecular weight excluding hydrogens is 112 g/mol. The first-order valence-corrected chi connectivity index (χ1v) is 3.69. The van der Waals surface area contributed by atoms with Crippen molar-refractivity contribution in [3.8, 4) is 0 Å². The summed E-state index contributed by atoms with van der Waals surface area (Å²) >= 11 is 0. The molecule has 1 aliphatic carbocycles. The van der Waals surface area contributed by atoms with E-state index in [-0.39, 0.29) is 0 Å². The van der Waals surface area contributed by atoms with Crippen molar-refractivity contribution in [1.29, 1.82) is 0 Å². The highest BCUT2D eigenvalue weighted by Gasteiger charge is 2.15. The smallest absolute Gasteiger partial charge is 0.0644 e. The van der Waals surface area contributed by atoms with Gasteiger partial charge in [-0.2, -0.15) is 0 Å². The molecule has 9 heavy (non-hydrogen) atoms. The molecule has 1 aliphatic rings. The highest BCUT2D eigenvalue weighted by Crippen LogP contribution is 2.32. The predicted octanol–water partition coefficient (Wildman–Crippen LogP) is 1.87. The van der Waals surface area contributed by atoms with Gasteiger partial charge in [-0.15, -0.1) is 0 Å². The molecule has 0 radical (unpaired) electrons. The summed E-state index contributed by atoms with van der Waals surface area (Å²) in [5, 5.41) is 8.81. The van der Waals surface area contributed by atoms with Crippen molar-refractivity contribution < 1.29 is 5.11 Å². The van der Waals surface area contributed by atoms with Gasteiger partial charge in [0.1, 0.15) is 0 Å². The summed E-state index contributed by atoms with van der Waals surface area (Å²) < 4.78 is 0. The first-order valence-electron chi connectivity index (χ1n) is 3.69. The van der Waals surface area contributed by atoms with Gasteiger partial charge in [0, 0.05) is 0 Å². The van der Waals surface area contributed by atoms with E-state index in [9.17, 15) is 0 Å². The van der Waals surface area contributed by atoms with E-state index < -0.39 is 0 Å². The van der Waals surface area contributed by atoms with E-state index in [2.05, 4.69) is 6.92 Å². The average Bonchev–Trinajstić information content (AvgIpc) is 2.64. The standard InChI is InChI=1S/C8H14O/c1-2-3-8(6-9)7-4-5-7/h9H,2-6H2,1H3. The Morgan fingerprint density at radius 2 is 2.22 bits per heavy atom. The van der Waals surface area contributed by atoms with Crippen LogP contribution in [-0.2, 0) is 0 Å². The summed E-state index contributed by atoms with van der Waals surface area (Å²) in [5.41, 5.74) is 2.82. The number of aliphatic hydroxyl groups excluding tert-OH is 1. The van der Waals surface area contributed by atoms with Crippen LogP contribution in [0.1, 0.15) is 32.6 Å². The topological polar surface area (TPSA) is 20.2 Å². The summed E-state index contributed by atoms with van der Waals surface area (Å²) in [4.78, 5) is 0. The Morgan fingerprint density at radius 3 is 2.56 bits per heavy atom. The SMILES string of the molecule is CCCC(CO)=C1CC1. The van der Waals surface area contributed by atoms with Crippen LogP contribution in [0.15, 0.2) is 11.1 Å². The van der Waals surface area contributed by atoms with E-state index in [0.717, 1.165) is 6.42 Å². The Labute approximate surface area is 56.4 Å². The summed E-state index contributed by atoms with van der Waals surface area (Å²) in [5.74, 6) is 0. The van der Waals surface area contributed by atoms with Crippen molar-refractivity contribution in [3.05, 3.63) is 11.1 Å². The van der Waals surface area contributed by atoms with Crippen molar-refractivity contribution in [2.24, 2.45) is 0 Å². The highest BCUT2D eigenvalue weighted by molar-refractivity contribution is 5.25. The van der Waals surface area contributed by atoms with Crippen LogP contribution in [0.2, 0.25) is 0 Å². The van der Waals surface area contributed by atoms with E-state index in [0.29, 0.717) is 6.61 Å². The zero-order valence-electron chi connectivity index (χ0n) is 5.98. The summed E-state index contributed by atoms with van der Waals surface area (Å²) in [7, 11) is 0. The molecule has 0 unspecified atom stereocenters. The van der Waals surface area contributed by atoms with Crippen LogP contribution in [0.5, 0.6) is 0 Å². The first kappa shape index (κ1) is 6.81. The van der Waals surface area contributed by atoms with Crippen molar-refractivity contribution >= 4 is 0 Å². The van der Waals surface area contributed by atoms with Gasteiger partial charge in [0.25, 0.3) is 0 Å². The van der Waals surface area contributed by atoms with Gasteiger partial charge in [-0.1, -0.05) is 18.9 Å². The second kappa shape index (κ2) is 3.02. The zero-order valence-corrected chi connectivity index (χ0v) is 5.98. The van der Waals surface area contributed by atoms with Crippen LogP contribution in [0.3, 0.4) is 0 Å². The Kier molecular flexibility index (Phi) is 2.29. The van der Waals surface area contributed by atoms with Crippen molar-refractivity contribution in [1.82, 2.24) is 0 Å². The Balaban J connectivity index is 2.39. The molecule has 0 heterocycles. The van der Waals surface area contributed by atoms with Crippen LogP contribution in [0.25, 0.3) is 0 Å². The second-order valence-corrected chi connectivity index (χ2v) is 2.62. The number of aliphatic hydroxyl groups is 1. The van der Waals surface area contributed by atoms with Crippen LogP contribution in [0, 0.1) is 0 Å². The summed E-state index contributed by atoms with van der Waals surface area (Å²) in [6.07, 6.45) is 4.76. The van der Waals surface area contributed by atoms with E-state index in [1.165, 1.54) is 30.4 Å². The van der Waals surface area contributed by atoms with E-state index in [4.69, 9.17) is 5.11 Å². The molecule has 1 N–H and O–H groups in total. The molecule has 1 fully saturated rings. The van der Waals surface area contributed by atoms with Gasteiger partial charge in [-0.3, -0.25) is 0 Å². The lowest BCUT2D eigenvalue weighted by molar-refractivity contribution is 0.325. The Bertz CT molecular complexity index is 119. The molecule has 1 saturated carbocycles. The lowest BCUT2D eigenvalue weighted by Gasteiger charge is -1.97. The highest BCUT2D eigenvalue weighted by atomic mass is 16.3. The van der Waals surface area contributed by atoms with Crippen LogP contribution in [-0.4, -0.2) is 11.7 Å². The molecule has 0 atom stereocenters. The molecule has 1 rings (SSSR count). The maximum Gasteiger partial charge on any atom is 0.0644 e. The molecule has 52 valence electrons. The maximum absolute atomic E-state index is 8.81. The third-order valence-corrected chi connectivity index (χ3v) is 1.74. The molecule has 1 heteroatoms. The van der Waals surface area contributed by atoms with Gasteiger partial charge in [0.15, 0.2) is 0 Å². The van der Waals surface area contributed by atoms with Gasteiger partial charge in [0.2, 0.25) is 0 Å². The third-order valence-electron chi connectivity index (χ3n) is 1.74. The normalized spacial score (nSPS) is 16.0. The van der Waals surface area contributed by atoms with Crippen molar-refractivity contribution in [2.45, 2.75) is 32.6 Å². The molecule has 0 aromatic rings. The predicted molar refractivity (Wildman–Crippen MR) is 38.3 cm³/mol. The third kappa shape index (κ3) is 1.83. The number of rotatable bonds is 3. The Morgan fingerprint density at radius 1 is 1.56 bits per heavy atom. The molecule has 1 nitrogen and oxygen atoms in total. The minimum absolute atomic E-state index is 0.295. The molecular formula is C8H14O. The van der Waals surface area contributed by atoms with Crippen LogP contribution in [0.4, 0.5) is 0 Å². The largest absolute Gasteiger partial charge is 0.392 e. The monoisotopic (exact) mass is 126 g/mol.